The van der Waals surface area contributed by atoms with E-state index in [0.717, 1.165) is 12.8 Å². The largest absolute Gasteiger partial charge is 0.490 e. The standard InChI is InChI=1S/C13H16N2O3/c1-15(2)13(17)11-9(12(14)16)4-3-5-10(11)18-8-6-7-8/h3-5,8H,6-7H2,1-2H3,(H2,14,16). The van der Waals surface area contributed by atoms with Crippen molar-refractivity contribution in [3.8, 4) is 5.75 Å². The highest BCUT2D eigenvalue weighted by molar-refractivity contribution is 6.08. The number of rotatable bonds is 4. The second kappa shape index (κ2) is 4.68. The van der Waals surface area contributed by atoms with Crippen molar-refractivity contribution in [2.45, 2.75) is 18.9 Å². The van der Waals surface area contributed by atoms with Crippen LogP contribution >= 0.6 is 0 Å². The first-order valence-corrected chi connectivity index (χ1v) is 5.82. The number of nitrogens with zero attached hydrogens (tertiary/aromatic N) is 1. The number of carbonyl (C=O) groups is 2. The van der Waals surface area contributed by atoms with Crippen LogP contribution in [0.3, 0.4) is 0 Å². The molecule has 1 aliphatic rings. The normalized spacial score (nSPS) is 14.1. The molecule has 0 spiro atoms. The summed E-state index contributed by atoms with van der Waals surface area (Å²) in [5, 5.41) is 0. The molecule has 5 heteroatoms. The van der Waals surface area contributed by atoms with E-state index in [0.29, 0.717) is 5.75 Å². The van der Waals surface area contributed by atoms with Gasteiger partial charge in [-0.3, -0.25) is 9.59 Å². The van der Waals surface area contributed by atoms with Crippen molar-refractivity contribution < 1.29 is 14.3 Å². The molecule has 0 unspecified atom stereocenters. The third-order valence-corrected chi connectivity index (χ3v) is 2.73. The van der Waals surface area contributed by atoms with Crippen molar-refractivity contribution in [3.05, 3.63) is 29.3 Å². The molecule has 1 saturated carbocycles. The van der Waals surface area contributed by atoms with Gasteiger partial charge in [-0.05, 0) is 25.0 Å². The minimum absolute atomic E-state index is 0.154. The van der Waals surface area contributed by atoms with Gasteiger partial charge in [0.15, 0.2) is 0 Å². The lowest BCUT2D eigenvalue weighted by atomic mass is 10.0. The Labute approximate surface area is 106 Å². The van der Waals surface area contributed by atoms with Crippen LogP contribution in [0.25, 0.3) is 0 Å². The fourth-order valence-corrected chi connectivity index (χ4v) is 1.64. The van der Waals surface area contributed by atoms with Crippen molar-refractivity contribution in [2.24, 2.45) is 5.73 Å². The number of hydrogen-bond donors (Lipinski definition) is 1. The molecule has 2 rings (SSSR count). The first-order chi connectivity index (χ1) is 8.50. The van der Waals surface area contributed by atoms with Crippen LogP contribution in [0.5, 0.6) is 5.75 Å². The molecule has 1 fully saturated rings. The van der Waals surface area contributed by atoms with Gasteiger partial charge in [-0.1, -0.05) is 6.07 Å². The zero-order valence-corrected chi connectivity index (χ0v) is 10.5. The van der Waals surface area contributed by atoms with E-state index in [2.05, 4.69) is 0 Å². The van der Waals surface area contributed by atoms with Crippen LogP contribution in [0, 0.1) is 0 Å². The van der Waals surface area contributed by atoms with Crippen LogP contribution in [-0.2, 0) is 0 Å². The lowest BCUT2D eigenvalue weighted by Crippen LogP contribution is -2.26. The third kappa shape index (κ3) is 2.45. The van der Waals surface area contributed by atoms with E-state index in [1.807, 2.05) is 0 Å². The third-order valence-electron chi connectivity index (χ3n) is 2.73. The molecule has 0 aliphatic heterocycles. The summed E-state index contributed by atoms with van der Waals surface area (Å²) in [6, 6.07) is 4.91. The fraction of sp³-hybridized carbons (Fsp3) is 0.385. The Morgan fingerprint density at radius 3 is 2.50 bits per heavy atom. The zero-order chi connectivity index (χ0) is 13.3. The van der Waals surface area contributed by atoms with Crippen molar-refractivity contribution in [3.63, 3.8) is 0 Å². The van der Waals surface area contributed by atoms with Crippen LogP contribution < -0.4 is 10.5 Å². The Morgan fingerprint density at radius 1 is 1.33 bits per heavy atom. The van der Waals surface area contributed by atoms with Gasteiger partial charge in [0.05, 0.1) is 17.2 Å². The molecule has 1 aromatic carbocycles. The SMILES string of the molecule is CN(C)C(=O)c1c(OC2CC2)cccc1C(N)=O. The van der Waals surface area contributed by atoms with E-state index < -0.39 is 5.91 Å². The maximum absolute atomic E-state index is 12.1. The summed E-state index contributed by atoms with van der Waals surface area (Å²) in [4.78, 5) is 24.9. The second-order valence-electron chi connectivity index (χ2n) is 4.56. The van der Waals surface area contributed by atoms with Crippen molar-refractivity contribution in [1.82, 2.24) is 4.90 Å². The van der Waals surface area contributed by atoms with Crippen molar-refractivity contribution in [1.29, 1.82) is 0 Å². The minimum atomic E-state index is -0.624. The van der Waals surface area contributed by atoms with E-state index in [9.17, 15) is 9.59 Å². The molecule has 0 atom stereocenters. The van der Waals surface area contributed by atoms with E-state index in [4.69, 9.17) is 10.5 Å². The molecule has 2 amide bonds. The van der Waals surface area contributed by atoms with Gasteiger partial charge in [-0.2, -0.15) is 0 Å². The topological polar surface area (TPSA) is 72.6 Å². The average Bonchev–Trinajstić information content (AvgIpc) is 3.11. The minimum Gasteiger partial charge on any atom is -0.490 e. The van der Waals surface area contributed by atoms with Crippen LogP contribution in [0.4, 0.5) is 0 Å². The highest BCUT2D eigenvalue weighted by atomic mass is 16.5. The van der Waals surface area contributed by atoms with Gasteiger partial charge in [-0.25, -0.2) is 0 Å². The predicted molar refractivity (Wildman–Crippen MR) is 66.6 cm³/mol. The van der Waals surface area contributed by atoms with Crippen molar-refractivity contribution in [2.75, 3.05) is 14.1 Å². The van der Waals surface area contributed by atoms with Crippen LogP contribution in [-0.4, -0.2) is 36.9 Å². The number of primary amides is 1. The molecule has 18 heavy (non-hydrogen) atoms. The molecule has 5 nitrogen and oxygen atoms in total. The molecule has 96 valence electrons. The number of nitrogens with two attached hydrogens (primary N) is 1. The summed E-state index contributed by atoms with van der Waals surface area (Å²) in [7, 11) is 3.25. The zero-order valence-electron chi connectivity index (χ0n) is 10.5. The average molecular weight is 248 g/mol. The van der Waals surface area contributed by atoms with Crippen LogP contribution in [0.15, 0.2) is 18.2 Å². The number of benzene rings is 1. The molecular formula is C13H16N2O3. The quantitative estimate of drug-likeness (QED) is 0.864. The second-order valence-corrected chi connectivity index (χ2v) is 4.56. The summed E-state index contributed by atoms with van der Waals surface area (Å²) in [5.41, 5.74) is 5.76. The summed E-state index contributed by atoms with van der Waals surface area (Å²) in [5.74, 6) is -0.464. The monoisotopic (exact) mass is 248 g/mol. The summed E-state index contributed by atoms with van der Waals surface area (Å²) < 4.78 is 5.66. The van der Waals surface area contributed by atoms with Gasteiger partial charge in [0.2, 0.25) is 5.91 Å². The van der Waals surface area contributed by atoms with Gasteiger partial charge in [0.1, 0.15) is 5.75 Å². The van der Waals surface area contributed by atoms with Gasteiger partial charge >= 0.3 is 0 Å². The molecule has 2 N–H and O–H groups in total. The molecule has 0 heterocycles. The van der Waals surface area contributed by atoms with Gasteiger partial charge in [-0.15, -0.1) is 0 Å². The number of amides is 2. The number of ether oxygens (including phenoxy) is 1. The molecule has 0 radical (unpaired) electrons. The van der Waals surface area contributed by atoms with E-state index in [1.165, 1.54) is 4.90 Å². The molecule has 0 aromatic heterocycles. The molecule has 0 bridgehead atoms. The Hall–Kier alpha value is -2.04. The smallest absolute Gasteiger partial charge is 0.257 e. The highest BCUT2D eigenvalue weighted by Crippen LogP contribution is 2.31. The first-order valence-electron chi connectivity index (χ1n) is 5.82. The predicted octanol–water partition coefficient (Wildman–Crippen LogP) is 1.03. The summed E-state index contributed by atoms with van der Waals surface area (Å²) in [6.45, 7) is 0. The lowest BCUT2D eigenvalue weighted by molar-refractivity contribution is 0.0815. The van der Waals surface area contributed by atoms with Crippen molar-refractivity contribution >= 4 is 11.8 Å². The Kier molecular flexibility index (Phi) is 3.23. The first kappa shape index (κ1) is 12.4. The summed E-state index contributed by atoms with van der Waals surface area (Å²) in [6.07, 6.45) is 2.12. The van der Waals surface area contributed by atoms with Gasteiger partial charge in [0, 0.05) is 14.1 Å². The Morgan fingerprint density at radius 2 is 2.00 bits per heavy atom. The molecular weight excluding hydrogens is 232 g/mol. The molecule has 1 aliphatic carbocycles. The Bertz CT molecular complexity index is 493. The van der Waals surface area contributed by atoms with E-state index in [1.54, 1.807) is 32.3 Å². The maximum Gasteiger partial charge on any atom is 0.257 e. The van der Waals surface area contributed by atoms with Crippen LogP contribution in [0.1, 0.15) is 33.6 Å². The van der Waals surface area contributed by atoms with E-state index in [-0.39, 0.29) is 23.1 Å². The highest BCUT2D eigenvalue weighted by Gasteiger charge is 2.28. The Balaban J connectivity index is 2.47. The maximum atomic E-state index is 12.1. The number of hydrogen-bond acceptors (Lipinski definition) is 3. The van der Waals surface area contributed by atoms with Gasteiger partial charge < -0.3 is 15.4 Å². The van der Waals surface area contributed by atoms with Crippen LogP contribution in [0.2, 0.25) is 0 Å². The van der Waals surface area contributed by atoms with Gasteiger partial charge in [0.25, 0.3) is 5.91 Å². The fourth-order valence-electron chi connectivity index (χ4n) is 1.64. The molecule has 0 saturated heterocycles. The van der Waals surface area contributed by atoms with E-state index >= 15 is 0 Å². The summed E-state index contributed by atoms with van der Waals surface area (Å²) >= 11 is 0. The molecule has 1 aromatic rings. The lowest BCUT2D eigenvalue weighted by Gasteiger charge is -2.16. The number of carbonyl (C=O) groups excluding carboxylic acids is 2.